The molecule has 1 N–H and O–H groups in total. The minimum Gasteiger partial charge on any atom is -0.481 e. The molecule has 0 amide bonds. The molecule has 0 aliphatic rings. The molecule has 5 heteroatoms. The van der Waals surface area contributed by atoms with Gasteiger partial charge in [0.15, 0.2) is 5.89 Å². The maximum absolute atomic E-state index is 12.7. The lowest BCUT2D eigenvalue weighted by molar-refractivity contribution is -0.136. The van der Waals surface area contributed by atoms with Crippen LogP contribution in [-0.4, -0.2) is 16.1 Å². The average Bonchev–Trinajstić information content (AvgIpc) is 2.84. The first-order chi connectivity index (χ1) is 9.13. The van der Waals surface area contributed by atoms with E-state index in [0.29, 0.717) is 30.8 Å². The van der Waals surface area contributed by atoms with Gasteiger partial charge in [0.1, 0.15) is 12.1 Å². The molecule has 0 aliphatic heterocycles. The normalized spacial score (nSPS) is 10.6. The van der Waals surface area contributed by atoms with Crippen LogP contribution >= 0.6 is 0 Å². The summed E-state index contributed by atoms with van der Waals surface area (Å²) in [4.78, 5) is 14.6. The summed E-state index contributed by atoms with van der Waals surface area (Å²) in [5.74, 6) is -0.531. The number of aryl methyl sites for hydroxylation is 3. The van der Waals surface area contributed by atoms with Crippen LogP contribution in [0.1, 0.15) is 23.6 Å². The Hall–Kier alpha value is -2.17. The van der Waals surface area contributed by atoms with Crippen LogP contribution < -0.4 is 0 Å². The maximum atomic E-state index is 12.7. The lowest BCUT2D eigenvalue weighted by Crippen LogP contribution is -1.98. The third-order valence-electron chi connectivity index (χ3n) is 2.74. The number of hydrogen-bond donors (Lipinski definition) is 1. The van der Waals surface area contributed by atoms with Gasteiger partial charge in [-0.25, -0.2) is 9.37 Å². The van der Waals surface area contributed by atoms with Crippen molar-refractivity contribution in [1.29, 1.82) is 0 Å². The van der Waals surface area contributed by atoms with Gasteiger partial charge in [-0.2, -0.15) is 0 Å². The molecule has 100 valence electrons. The molecule has 1 aromatic heterocycles. The monoisotopic (exact) mass is 263 g/mol. The van der Waals surface area contributed by atoms with E-state index < -0.39 is 5.97 Å². The fourth-order valence-electron chi connectivity index (χ4n) is 1.72. The Morgan fingerprint density at radius 1 is 1.21 bits per heavy atom. The molecule has 0 unspecified atom stereocenters. The lowest BCUT2D eigenvalue weighted by atomic mass is 10.1. The van der Waals surface area contributed by atoms with Gasteiger partial charge in [0.05, 0.1) is 12.1 Å². The highest BCUT2D eigenvalue weighted by Gasteiger charge is 2.06. The van der Waals surface area contributed by atoms with Crippen molar-refractivity contribution in [3.8, 4) is 0 Å². The number of rotatable bonds is 6. The highest BCUT2D eigenvalue weighted by molar-refractivity contribution is 5.66. The number of nitrogens with zero attached hydrogens (tertiary/aromatic N) is 1. The Labute approximate surface area is 109 Å². The zero-order valence-electron chi connectivity index (χ0n) is 10.3. The second kappa shape index (κ2) is 6.13. The van der Waals surface area contributed by atoms with Gasteiger partial charge < -0.3 is 9.52 Å². The van der Waals surface area contributed by atoms with Gasteiger partial charge in [-0.05, 0) is 24.1 Å². The number of halogens is 1. The van der Waals surface area contributed by atoms with Gasteiger partial charge in [0.25, 0.3) is 0 Å². The number of hydrogen-bond acceptors (Lipinski definition) is 3. The first-order valence-electron chi connectivity index (χ1n) is 6.03. The van der Waals surface area contributed by atoms with Gasteiger partial charge in [-0.3, -0.25) is 4.79 Å². The number of benzene rings is 1. The van der Waals surface area contributed by atoms with E-state index in [1.807, 2.05) is 0 Å². The first-order valence-corrected chi connectivity index (χ1v) is 6.03. The zero-order valence-corrected chi connectivity index (χ0v) is 10.3. The lowest BCUT2D eigenvalue weighted by Gasteiger charge is -1.98. The van der Waals surface area contributed by atoms with E-state index in [0.717, 1.165) is 5.56 Å². The van der Waals surface area contributed by atoms with E-state index >= 15 is 0 Å². The van der Waals surface area contributed by atoms with E-state index in [1.165, 1.54) is 18.4 Å². The zero-order chi connectivity index (χ0) is 13.7. The second-order valence-corrected chi connectivity index (χ2v) is 4.25. The van der Waals surface area contributed by atoms with Crippen molar-refractivity contribution in [2.75, 3.05) is 0 Å². The van der Waals surface area contributed by atoms with Crippen molar-refractivity contribution in [3.05, 3.63) is 53.5 Å². The van der Waals surface area contributed by atoms with Gasteiger partial charge in [-0.1, -0.05) is 12.1 Å². The third-order valence-corrected chi connectivity index (χ3v) is 2.74. The predicted octanol–water partition coefficient (Wildman–Crippen LogP) is 2.62. The Balaban J connectivity index is 1.86. The van der Waals surface area contributed by atoms with Gasteiger partial charge in [0, 0.05) is 12.8 Å². The number of carbonyl (C=O) groups is 1. The Bertz CT molecular complexity index is 548. The molecule has 19 heavy (non-hydrogen) atoms. The number of aromatic nitrogens is 1. The first kappa shape index (κ1) is 13.3. The smallest absolute Gasteiger partial charge is 0.303 e. The summed E-state index contributed by atoms with van der Waals surface area (Å²) < 4.78 is 18.0. The summed E-state index contributed by atoms with van der Waals surface area (Å²) in [5, 5.41) is 8.57. The molecular weight excluding hydrogens is 249 g/mol. The number of aliphatic carboxylic acids is 1. The Morgan fingerprint density at radius 3 is 2.63 bits per heavy atom. The van der Waals surface area contributed by atoms with Crippen LogP contribution in [0, 0.1) is 5.82 Å². The molecule has 1 aromatic carbocycles. The molecule has 0 saturated carbocycles. The number of carboxylic acid groups (broad SMARTS) is 1. The van der Waals surface area contributed by atoms with Crippen molar-refractivity contribution in [2.24, 2.45) is 0 Å². The van der Waals surface area contributed by atoms with Gasteiger partial charge in [0.2, 0.25) is 0 Å². The molecule has 0 fully saturated rings. The Kier molecular flexibility index (Phi) is 4.28. The predicted molar refractivity (Wildman–Crippen MR) is 66.3 cm³/mol. The molecule has 0 saturated heterocycles. The van der Waals surface area contributed by atoms with E-state index in [4.69, 9.17) is 9.52 Å². The fraction of sp³-hybridized carbons (Fsp3) is 0.286. The maximum Gasteiger partial charge on any atom is 0.303 e. The summed E-state index contributed by atoms with van der Waals surface area (Å²) >= 11 is 0. The molecular formula is C14H14FNO3. The third kappa shape index (κ3) is 4.21. The summed E-state index contributed by atoms with van der Waals surface area (Å²) in [7, 11) is 0. The summed E-state index contributed by atoms with van der Waals surface area (Å²) in [6.45, 7) is 0. The number of carboxylic acids is 1. The van der Waals surface area contributed by atoms with Gasteiger partial charge in [-0.15, -0.1) is 0 Å². The van der Waals surface area contributed by atoms with Crippen molar-refractivity contribution in [3.63, 3.8) is 0 Å². The highest BCUT2D eigenvalue weighted by Crippen LogP contribution is 2.10. The molecule has 0 aliphatic carbocycles. The molecule has 2 aromatic rings. The Morgan fingerprint density at radius 2 is 1.95 bits per heavy atom. The standard InChI is InChI=1S/C14H14FNO3/c15-11-4-1-10(2-5-11)3-7-13-16-12(9-19-13)6-8-14(17)18/h1-2,4-5,9H,3,6-8H2,(H,17,18). The summed E-state index contributed by atoms with van der Waals surface area (Å²) in [6.07, 6.45) is 3.22. The SMILES string of the molecule is O=C(O)CCc1coc(CCc2ccc(F)cc2)n1. The van der Waals surface area contributed by atoms with Crippen molar-refractivity contribution >= 4 is 5.97 Å². The van der Waals surface area contributed by atoms with Crippen LogP contribution in [0.25, 0.3) is 0 Å². The van der Waals surface area contributed by atoms with Crippen LogP contribution in [0.3, 0.4) is 0 Å². The van der Waals surface area contributed by atoms with Crippen molar-refractivity contribution in [1.82, 2.24) is 4.98 Å². The molecule has 0 spiro atoms. The van der Waals surface area contributed by atoms with Crippen LogP contribution in [0.4, 0.5) is 4.39 Å². The van der Waals surface area contributed by atoms with Crippen LogP contribution in [0.5, 0.6) is 0 Å². The van der Waals surface area contributed by atoms with Crippen LogP contribution in [-0.2, 0) is 24.1 Å². The minimum atomic E-state index is -0.851. The van der Waals surface area contributed by atoms with Crippen LogP contribution in [0.15, 0.2) is 34.9 Å². The largest absolute Gasteiger partial charge is 0.481 e. The summed E-state index contributed by atoms with van der Waals surface area (Å²) in [5.41, 5.74) is 1.66. The van der Waals surface area contributed by atoms with Crippen molar-refractivity contribution < 1.29 is 18.7 Å². The second-order valence-electron chi connectivity index (χ2n) is 4.25. The fourth-order valence-corrected chi connectivity index (χ4v) is 1.72. The molecule has 1 heterocycles. The average molecular weight is 263 g/mol. The van der Waals surface area contributed by atoms with Crippen LogP contribution in [0.2, 0.25) is 0 Å². The molecule has 0 atom stereocenters. The van der Waals surface area contributed by atoms with E-state index in [-0.39, 0.29) is 12.2 Å². The quantitative estimate of drug-likeness (QED) is 0.870. The topological polar surface area (TPSA) is 63.3 Å². The summed E-state index contributed by atoms with van der Waals surface area (Å²) in [6, 6.07) is 6.29. The minimum absolute atomic E-state index is 0.0456. The number of oxazole rings is 1. The van der Waals surface area contributed by atoms with E-state index in [2.05, 4.69) is 4.98 Å². The van der Waals surface area contributed by atoms with Gasteiger partial charge >= 0.3 is 5.97 Å². The van der Waals surface area contributed by atoms with E-state index in [1.54, 1.807) is 12.1 Å². The molecule has 0 radical (unpaired) electrons. The van der Waals surface area contributed by atoms with E-state index in [9.17, 15) is 9.18 Å². The molecule has 4 nitrogen and oxygen atoms in total. The molecule has 0 bridgehead atoms. The molecule has 2 rings (SSSR count). The van der Waals surface area contributed by atoms with Crippen molar-refractivity contribution in [2.45, 2.75) is 25.7 Å². The highest BCUT2D eigenvalue weighted by atomic mass is 19.1.